The van der Waals surface area contributed by atoms with Crippen LogP contribution in [0.5, 0.6) is 0 Å². The van der Waals surface area contributed by atoms with E-state index in [2.05, 4.69) is 26.9 Å². The molecule has 0 N–H and O–H groups in total. The summed E-state index contributed by atoms with van der Waals surface area (Å²) in [6.45, 7) is 0.942. The standard InChI is InChI=1S/C12H12N2S/c1-2-3-4-8-14-9-7-13-12(14)11-6-5-10-15-11/h1,5-7,9-10H,3-4,8H2. The summed E-state index contributed by atoms with van der Waals surface area (Å²) in [7, 11) is 0. The Hall–Kier alpha value is -1.53. The predicted octanol–water partition coefficient (Wildman–Crippen LogP) is 3.03. The first-order valence-electron chi connectivity index (χ1n) is 4.90. The Bertz CT molecular complexity index is 448. The topological polar surface area (TPSA) is 17.8 Å². The zero-order valence-electron chi connectivity index (χ0n) is 8.39. The molecule has 0 saturated heterocycles. The fourth-order valence-electron chi connectivity index (χ4n) is 1.47. The summed E-state index contributed by atoms with van der Waals surface area (Å²) in [5, 5.41) is 2.07. The van der Waals surface area contributed by atoms with Crippen molar-refractivity contribution in [2.24, 2.45) is 0 Å². The van der Waals surface area contributed by atoms with Crippen molar-refractivity contribution in [2.45, 2.75) is 19.4 Å². The molecule has 0 radical (unpaired) electrons. The molecule has 0 aliphatic carbocycles. The molecule has 0 aliphatic heterocycles. The van der Waals surface area contributed by atoms with Crippen molar-refractivity contribution in [1.82, 2.24) is 9.55 Å². The van der Waals surface area contributed by atoms with Crippen molar-refractivity contribution in [2.75, 3.05) is 0 Å². The zero-order chi connectivity index (χ0) is 10.5. The third-order valence-corrected chi connectivity index (χ3v) is 3.04. The van der Waals surface area contributed by atoms with E-state index < -0.39 is 0 Å². The molecule has 0 aliphatic rings. The van der Waals surface area contributed by atoms with Gasteiger partial charge in [0, 0.05) is 25.4 Å². The minimum Gasteiger partial charge on any atom is -0.330 e. The van der Waals surface area contributed by atoms with Crippen molar-refractivity contribution < 1.29 is 0 Å². The molecular formula is C12H12N2S. The summed E-state index contributed by atoms with van der Waals surface area (Å²) >= 11 is 1.71. The van der Waals surface area contributed by atoms with Gasteiger partial charge in [0.2, 0.25) is 0 Å². The molecule has 0 unspecified atom stereocenters. The van der Waals surface area contributed by atoms with Crippen molar-refractivity contribution in [3.05, 3.63) is 29.9 Å². The monoisotopic (exact) mass is 216 g/mol. The van der Waals surface area contributed by atoms with Crippen LogP contribution >= 0.6 is 11.3 Å². The van der Waals surface area contributed by atoms with Gasteiger partial charge in [0.25, 0.3) is 0 Å². The molecule has 2 nitrogen and oxygen atoms in total. The molecule has 2 heterocycles. The van der Waals surface area contributed by atoms with Crippen LogP contribution in [-0.4, -0.2) is 9.55 Å². The highest BCUT2D eigenvalue weighted by atomic mass is 32.1. The van der Waals surface area contributed by atoms with E-state index in [4.69, 9.17) is 6.42 Å². The van der Waals surface area contributed by atoms with Crippen molar-refractivity contribution in [1.29, 1.82) is 0 Å². The summed E-state index contributed by atoms with van der Waals surface area (Å²) in [5.41, 5.74) is 0. The molecule has 0 fully saturated rings. The highest BCUT2D eigenvalue weighted by Gasteiger charge is 2.05. The Morgan fingerprint density at radius 2 is 2.47 bits per heavy atom. The van der Waals surface area contributed by atoms with E-state index in [-0.39, 0.29) is 0 Å². The molecule has 0 atom stereocenters. The van der Waals surface area contributed by atoms with Gasteiger partial charge in [-0.2, -0.15) is 0 Å². The van der Waals surface area contributed by atoms with Gasteiger partial charge in [-0.3, -0.25) is 0 Å². The molecule has 76 valence electrons. The first-order chi connectivity index (χ1) is 7.42. The third kappa shape index (κ3) is 2.28. The van der Waals surface area contributed by atoms with Crippen LogP contribution < -0.4 is 0 Å². The summed E-state index contributed by atoms with van der Waals surface area (Å²) in [4.78, 5) is 5.57. The van der Waals surface area contributed by atoms with Crippen LogP contribution in [-0.2, 0) is 6.54 Å². The Morgan fingerprint density at radius 3 is 3.20 bits per heavy atom. The maximum absolute atomic E-state index is 5.23. The average molecular weight is 216 g/mol. The van der Waals surface area contributed by atoms with Gasteiger partial charge in [-0.05, 0) is 17.9 Å². The lowest BCUT2D eigenvalue weighted by Crippen LogP contribution is -1.98. The lowest BCUT2D eigenvalue weighted by atomic mass is 10.3. The highest BCUT2D eigenvalue weighted by molar-refractivity contribution is 7.13. The molecule has 15 heavy (non-hydrogen) atoms. The van der Waals surface area contributed by atoms with E-state index in [0.29, 0.717) is 0 Å². The number of aryl methyl sites for hydroxylation is 1. The van der Waals surface area contributed by atoms with Gasteiger partial charge in [0.15, 0.2) is 0 Å². The van der Waals surface area contributed by atoms with E-state index >= 15 is 0 Å². The van der Waals surface area contributed by atoms with Crippen LogP contribution in [0.3, 0.4) is 0 Å². The summed E-state index contributed by atoms with van der Waals surface area (Å²) in [6.07, 6.45) is 10.9. The number of thiophene rings is 1. The molecule has 0 amide bonds. The minimum atomic E-state index is 0.821. The molecule has 0 saturated carbocycles. The third-order valence-electron chi connectivity index (χ3n) is 2.18. The van der Waals surface area contributed by atoms with E-state index in [1.54, 1.807) is 11.3 Å². The van der Waals surface area contributed by atoms with Gasteiger partial charge >= 0.3 is 0 Å². The van der Waals surface area contributed by atoms with E-state index in [1.807, 2.05) is 18.5 Å². The lowest BCUT2D eigenvalue weighted by Gasteiger charge is -2.04. The molecule has 0 bridgehead atoms. The smallest absolute Gasteiger partial charge is 0.149 e. The predicted molar refractivity (Wildman–Crippen MR) is 63.6 cm³/mol. The first-order valence-corrected chi connectivity index (χ1v) is 5.78. The molecule has 3 heteroatoms. The summed E-state index contributed by atoms with van der Waals surface area (Å²) < 4.78 is 2.16. The highest BCUT2D eigenvalue weighted by Crippen LogP contribution is 2.22. The largest absolute Gasteiger partial charge is 0.330 e. The van der Waals surface area contributed by atoms with Crippen molar-refractivity contribution in [3.63, 3.8) is 0 Å². The van der Waals surface area contributed by atoms with E-state index in [1.165, 1.54) is 4.88 Å². The second-order valence-electron chi connectivity index (χ2n) is 3.23. The van der Waals surface area contributed by atoms with Crippen LogP contribution in [0.25, 0.3) is 10.7 Å². The molecular weight excluding hydrogens is 204 g/mol. The second-order valence-corrected chi connectivity index (χ2v) is 4.18. The normalized spacial score (nSPS) is 10.1. The lowest BCUT2D eigenvalue weighted by molar-refractivity contribution is 0.662. The average Bonchev–Trinajstić information content (AvgIpc) is 2.87. The van der Waals surface area contributed by atoms with Crippen LogP contribution in [0.1, 0.15) is 12.8 Å². The van der Waals surface area contributed by atoms with Crippen molar-refractivity contribution in [3.8, 4) is 23.0 Å². The Labute approximate surface area is 93.6 Å². The Morgan fingerprint density at radius 1 is 1.53 bits per heavy atom. The van der Waals surface area contributed by atoms with E-state index in [9.17, 15) is 0 Å². The first kappa shape index (κ1) is 10.0. The number of hydrogen-bond donors (Lipinski definition) is 0. The van der Waals surface area contributed by atoms with Crippen LogP contribution in [0.15, 0.2) is 29.9 Å². The quantitative estimate of drug-likeness (QED) is 0.567. The maximum Gasteiger partial charge on any atom is 0.149 e. The number of terminal acetylenes is 1. The fraction of sp³-hybridized carbons (Fsp3) is 0.250. The van der Waals surface area contributed by atoms with E-state index in [0.717, 1.165) is 25.2 Å². The number of aromatic nitrogens is 2. The SMILES string of the molecule is C#CCCCn1ccnc1-c1cccs1. The maximum atomic E-state index is 5.23. The van der Waals surface area contributed by atoms with Gasteiger partial charge < -0.3 is 4.57 Å². The fourth-order valence-corrected chi connectivity index (χ4v) is 2.21. The Balaban J connectivity index is 2.13. The number of imidazole rings is 1. The van der Waals surface area contributed by atoms with Gasteiger partial charge in [-0.1, -0.05) is 6.07 Å². The molecule has 2 rings (SSSR count). The number of unbranched alkanes of at least 4 members (excludes halogenated alkanes) is 1. The van der Waals surface area contributed by atoms with Gasteiger partial charge in [-0.25, -0.2) is 4.98 Å². The number of nitrogens with zero attached hydrogens (tertiary/aromatic N) is 2. The Kier molecular flexibility index (Phi) is 3.21. The molecule has 0 aromatic carbocycles. The zero-order valence-corrected chi connectivity index (χ0v) is 9.20. The van der Waals surface area contributed by atoms with Gasteiger partial charge in [-0.15, -0.1) is 23.7 Å². The van der Waals surface area contributed by atoms with Gasteiger partial charge in [0.05, 0.1) is 4.88 Å². The molecule has 0 spiro atoms. The summed E-state index contributed by atoms with van der Waals surface area (Å²) in [6, 6.07) is 4.13. The van der Waals surface area contributed by atoms with Crippen molar-refractivity contribution >= 4 is 11.3 Å². The number of hydrogen-bond acceptors (Lipinski definition) is 2. The van der Waals surface area contributed by atoms with Crippen LogP contribution in [0.2, 0.25) is 0 Å². The molecule has 2 aromatic heterocycles. The van der Waals surface area contributed by atoms with Gasteiger partial charge in [0.1, 0.15) is 5.82 Å². The van der Waals surface area contributed by atoms with Crippen LogP contribution in [0, 0.1) is 12.3 Å². The minimum absolute atomic E-state index is 0.821. The summed E-state index contributed by atoms with van der Waals surface area (Å²) in [5.74, 6) is 3.70. The molecule has 2 aromatic rings. The van der Waals surface area contributed by atoms with Crippen LogP contribution in [0.4, 0.5) is 0 Å². The second kappa shape index (κ2) is 4.81. The number of rotatable bonds is 4.